The largest absolute Gasteiger partial charge is 0.102 e. The van der Waals surface area contributed by atoms with Gasteiger partial charge in [-0.15, -0.1) is 5.92 Å². The Labute approximate surface area is 71.4 Å². The third-order valence-electron chi connectivity index (χ3n) is 1.08. The van der Waals surface area contributed by atoms with Crippen molar-refractivity contribution in [1.29, 1.82) is 0 Å². The molecule has 0 N–H and O–H groups in total. The van der Waals surface area contributed by atoms with Crippen molar-refractivity contribution in [2.24, 2.45) is 10.8 Å². The number of hydrogen-bond acceptors (Lipinski definition) is 0. The van der Waals surface area contributed by atoms with Crippen LogP contribution in [0.1, 0.15) is 48.0 Å². The molecule has 0 aliphatic rings. The van der Waals surface area contributed by atoms with E-state index < -0.39 is 0 Å². The molecule has 0 nitrogen and oxygen atoms in total. The van der Waals surface area contributed by atoms with E-state index >= 15 is 0 Å². The molecule has 0 radical (unpaired) electrons. The van der Waals surface area contributed by atoms with Crippen LogP contribution in [0.2, 0.25) is 0 Å². The molecule has 0 aromatic carbocycles. The van der Waals surface area contributed by atoms with Gasteiger partial charge in [-0.05, 0) is 26.2 Å². The highest BCUT2D eigenvalue weighted by atomic mass is 14.1. The minimum atomic E-state index is 0.158. The highest BCUT2D eigenvalue weighted by molar-refractivity contribution is 5.08. The fraction of sp³-hybridized carbons (Fsp3) is 0.818. The zero-order valence-corrected chi connectivity index (χ0v) is 8.71. The molecule has 0 heteroatoms. The first kappa shape index (κ1) is 10.6. The number of hydrogen-bond donors (Lipinski definition) is 0. The van der Waals surface area contributed by atoms with E-state index in [0.29, 0.717) is 5.41 Å². The van der Waals surface area contributed by atoms with Crippen molar-refractivity contribution in [1.82, 2.24) is 0 Å². The van der Waals surface area contributed by atoms with Gasteiger partial charge in [-0.2, -0.15) is 0 Å². The topological polar surface area (TPSA) is 0 Å². The maximum absolute atomic E-state index is 3.23. The van der Waals surface area contributed by atoms with Crippen LogP contribution in [0.3, 0.4) is 0 Å². The van der Waals surface area contributed by atoms with Gasteiger partial charge in [-0.1, -0.05) is 26.7 Å². The summed E-state index contributed by atoms with van der Waals surface area (Å²) in [5, 5.41) is 0. The van der Waals surface area contributed by atoms with E-state index in [1.807, 2.05) is 0 Å². The Morgan fingerprint density at radius 3 is 1.64 bits per heavy atom. The minimum Gasteiger partial charge on any atom is -0.102 e. The van der Waals surface area contributed by atoms with Crippen molar-refractivity contribution < 1.29 is 0 Å². The summed E-state index contributed by atoms with van der Waals surface area (Å²) in [6.07, 6.45) is 0.990. The summed E-state index contributed by atoms with van der Waals surface area (Å²) >= 11 is 0. The van der Waals surface area contributed by atoms with Crippen molar-refractivity contribution in [3.8, 4) is 11.8 Å². The lowest BCUT2D eigenvalue weighted by Crippen LogP contribution is -2.04. The van der Waals surface area contributed by atoms with Crippen LogP contribution in [-0.4, -0.2) is 0 Å². The summed E-state index contributed by atoms with van der Waals surface area (Å²) in [6.45, 7) is 13.1. The summed E-state index contributed by atoms with van der Waals surface area (Å²) in [7, 11) is 0. The summed E-state index contributed by atoms with van der Waals surface area (Å²) in [5.41, 5.74) is 0.503. The van der Waals surface area contributed by atoms with Gasteiger partial charge in [-0.25, -0.2) is 0 Å². The van der Waals surface area contributed by atoms with E-state index in [4.69, 9.17) is 0 Å². The molecule has 0 unspecified atom stereocenters. The Kier molecular flexibility index (Phi) is 3.17. The van der Waals surface area contributed by atoms with Crippen molar-refractivity contribution in [3.05, 3.63) is 0 Å². The van der Waals surface area contributed by atoms with E-state index in [-0.39, 0.29) is 5.41 Å². The maximum atomic E-state index is 3.23. The molecule has 0 aromatic rings. The first-order valence-corrected chi connectivity index (χ1v) is 4.21. The summed E-state index contributed by atoms with van der Waals surface area (Å²) in [6, 6.07) is 0. The zero-order valence-electron chi connectivity index (χ0n) is 8.71. The van der Waals surface area contributed by atoms with Gasteiger partial charge in [0.2, 0.25) is 0 Å². The molecule has 0 bridgehead atoms. The Balaban J connectivity index is 3.94. The average molecular weight is 152 g/mol. The fourth-order valence-corrected chi connectivity index (χ4v) is 0.575. The molecule has 0 saturated carbocycles. The third kappa shape index (κ3) is 9.56. The molecule has 11 heavy (non-hydrogen) atoms. The monoisotopic (exact) mass is 152 g/mol. The molecular weight excluding hydrogens is 132 g/mol. The van der Waals surface area contributed by atoms with Gasteiger partial charge in [0.15, 0.2) is 0 Å². The normalized spacial score (nSPS) is 12.2. The standard InChI is InChI=1S/C11H20/c1-10(2,3)8-7-9-11(4,5)6/h8H2,1-6H3. The first-order chi connectivity index (χ1) is 4.71. The predicted molar refractivity (Wildman–Crippen MR) is 51.3 cm³/mol. The lowest BCUT2D eigenvalue weighted by atomic mass is 9.91. The number of rotatable bonds is 0. The van der Waals surface area contributed by atoms with Crippen LogP contribution >= 0.6 is 0 Å². The molecule has 0 aliphatic heterocycles. The molecule has 0 aliphatic carbocycles. The highest BCUT2D eigenvalue weighted by Crippen LogP contribution is 2.18. The molecule has 0 fully saturated rings. The van der Waals surface area contributed by atoms with E-state index in [1.54, 1.807) is 0 Å². The summed E-state index contributed by atoms with van der Waals surface area (Å²) in [4.78, 5) is 0. The molecular formula is C11H20. The van der Waals surface area contributed by atoms with Crippen LogP contribution in [0.5, 0.6) is 0 Å². The Morgan fingerprint density at radius 1 is 0.909 bits per heavy atom. The van der Waals surface area contributed by atoms with E-state index in [1.165, 1.54) is 0 Å². The molecule has 0 amide bonds. The third-order valence-corrected chi connectivity index (χ3v) is 1.08. The van der Waals surface area contributed by atoms with Gasteiger partial charge < -0.3 is 0 Å². The molecule has 0 atom stereocenters. The second-order valence-electron chi connectivity index (χ2n) is 5.29. The lowest BCUT2D eigenvalue weighted by Gasteiger charge is -2.14. The average Bonchev–Trinajstić information content (AvgIpc) is 1.55. The van der Waals surface area contributed by atoms with Crippen molar-refractivity contribution >= 4 is 0 Å². The van der Waals surface area contributed by atoms with E-state index in [9.17, 15) is 0 Å². The van der Waals surface area contributed by atoms with Gasteiger partial charge in [0.05, 0.1) is 0 Å². The molecule has 0 heterocycles. The smallest absolute Gasteiger partial charge is 0.0230 e. The van der Waals surface area contributed by atoms with Crippen molar-refractivity contribution in [3.63, 3.8) is 0 Å². The van der Waals surface area contributed by atoms with Crippen LogP contribution in [0.25, 0.3) is 0 Å². The van der Waals surface area contributed by atoms with Gasteiger partial charge >= 0.3 is 0 Å². The Morgan fingerprint density at radius 2 is 1.36 bits per heavy atom. The second kappa shape index (κ2) is 3.30. The predicted octanol–water partition coefficient (Wildman–Crippen LogP) is 3.47. The van der Waals surface area contributed by atoms with Crippen LogP contribution in [0.4, 0.5) is 0 Å². The van der Waals surface area contributed by atoms with Crippen LogP contribution in [0, 0.1) is 22.7 Å². The van der Waals surface area contributed by atoms with Crippen LogP contribution in [-0.2, 0) is 0 Å². The maximum Gasteiger partial charge on any atom is 0.0230 e. The van der Waals surface area contributed by atoms with Gasteiger partial charge in [-0.3, -0.25) is 0 Å². The minimum absolute atomic E-state index is 0.158. The van der Waals surface area contributed by atoms with Crippen LogP contribution < -0.4 is 0 Å². The zero-order chi connectivity index (χ0) is 9.12. The summed E-state index contributed by atoms with van der Waals surface area (Å²) in [5.74, 6) is 6.44. The molecule has 0 saturated heterocycles. The Hall–Kier alpha value is -0.440. The first-order valence-electron chi connectivity index (χ1n) is 4.21. The quantitative estimate of drug-likeness (QED) is 0.466. The van der Waals surface area contributed by atoms with Crippen LogP contribution in [0.15, 0.2) is 0 Å². The molecule has 0 aromatic heterocycles. The summed E-state index contributed by atoms with van der Waals surface area (Å²) < 4.78 is 0. The lowest BCUT2D eigenvalue weighted by molar-refractivity contribution is 0.426. The molecule has 0 rings (SSSR count). The highest BCUT2D eigenvalue weighted by Gasteiger charge is 2.08. The van der Waals surface area contributed by atoms with E-state index in [2.05, 4.69) is 53.4 Å². The van der Waals surface area contributed by atoms with Gasteiger partial charge in [0, 0.05) is 11.8 Å². The molecule has 0 spiro atoms. The van der Waals surface area contributed by atoms with Gasteiger partial charge in [0.1, 0.15) is 0 Å². The van der Waals surface area contributed by atoms with E-state index in [0.717, 1.165) is 6.42 Å². The SMILES string of the molecule is CC(C)(C)C#CCC(C)(C)C. The van der Waals surface area contributed by atoms with Crippen molar-refractivity contribution in [2.45, 2.75) is 48.0 Å². The second-order valence-corrected chi connectivity index (χ2v) is 5.29. The Bertz CT molecular complexity index is 163. The van der Waals surface area contributed by atoms with Crippen molar-refractivity contribution in [2.75, 3.05) is 0 Å². The fourth-order valence-electron chi connectivity index (χ4n) is 0.575. The molecule has 64 valence electrons. The van der Waals surface area contributed by atoms with Gasteiger partial charge in [0.25, 0.3) is 0 Å².